The predicted octanol–water partition coefficient (Wildman–Crippen LogP) is 0.857. The number of rotatable bonds is 3. The van der Waals surface area contributed by atoms with Crippen LogP contribution in [0.5, 0.6) is 0 Å². The molecule has 2 rings (SSSR count). The van der Waals surface area contributed by atoms with Crippen LogP contribution in [0.2, 0.25) is 0 Å². The van der Waals surface area contributed by atoms with E-state index in [2.05, 4.69) is 23.8 Å². The van der Waals surface area contributed by atoms with Crippen LogP contribution < -0.4 is 10.0 Å². The fraction of sp³-hybridized carbons (Fsp3) is 0.667. The van der Waals surface area contributed by atoms with Crippen molar-refractivity contribution in [2.24, 2.45) is 5.14 Å². The number of sulfonamides is 1. The Labute approximate surface area is 114 Å². The smallest absolute Gasteiger partial charge is 0.213 e. The average molecular weight is 284 g/mol. The first kappa shape index (κ1) is 14.2. The molecule has 2 N–H and O–H groups in total. The zero-order valence-electron chi connectivity index (χ0n) is 11.3. The van der Waals surface area contributed by atoms with E-state index in [1.54, 1.807) is 0 Å². The van der Waals surface area contributed by atoms with Crippen molar-refractivity contribution in [3.8, 4) is 0 Å². The van der Waals surface area contributed by atoms with E-state index in [9.17, 15) is 8.42 Å². The van der Waals surface area contributed by atoms with Gasteiger partial charge in [0.15, 0.2) is 0 Å². The number of nitrogens with zero attached hydrogens (tertiary/aromatic N) is 3. The van der Waals surface area contributed by atoms with Crippen molar-refractivity contribution < 1.29 is 8.42 Å². The van der Waals surface area contributed by atoms with Gasteiger partial charge in [-0.15, -0.1) is 0 Å². The van der Waals surface area contributed by atoms with Gasteiger partial charge in [-0.25, -0.2) is 23.5 Å². The number of piperidine rings is 1. The van der Waals surface area contributed by atoms with Crippen LogP contribution in [-0.4, -0.2) is 36.7 Å². The van der Waals surface area contributed by atoms with Crippen LogP contribution in [0.25, 0.3) is 0 Å². The molecule has 1 aliphatic rings. The zero-order valence-corrected chi connectivity index (χ0v) is 12.1. The average Bonchev–Trinajstić information content (AvgIpc) is 2.38. The first-order chi connectivity index (χ1) is 8.88. The van der Waals surface area contributed by atoms with Gasteiger partial charge in [0, 0.05) is 24.8 Å². The van der Waals surface area contributed by atoms with Gasteiger partial charge < -0.3 is 4.90 Å². The maximum Gasteiger partial charge on any atom is 0.213 e. The number of anilines is 1. The first-order valence-electron chi connectivity index (χ1n) is 6.46. The van der Waals surface area contributed by atoms with Crippen LogP contribution in [0.3, 0.4) is 0 Å². The van der Waals surface area contributed by atoms with E-state index < -0.39 is 15.3 Å². The third-order valence-electron chi connectivity index (χ3n) is 3.43. The van der Waals surface area contributed by atoms with Gasteiger partial charge in [0.2, 0.25) is 10.0 Å². The summed E-state index contributed by atoms with van der Waals surface area (Å²) in [5.41, 5.74) is 0.961. The summed E-state index contributed by atoms with van der Waals surface area (Å²) >= 11 is 0. The minimum atomic E-state index is -3.48. The Hall–Kier alpha value is -1.21. The highest BCUT2D eigenvalue weighted by Gasteiger charge is 2.28. The molecule has 0 unspecified atom stereocenters. The minimum Gasteiger partial charge on any atom is -0.355 e. The molecule has 0 spiro atoms. The van der Waals surface area contributed by atoms with Crippen molar-refractivity contribution in [3.63, 3.8) is 0 Å². The second-order valence-electron chi connectivity index (χ2n) is 5.26. The summed E-state index contributed by atoms with van der Waals surface area (Å²) in [7, 11) is -3.48. The standard InChI is InChI=1S/C12H20N4O2S/c1-9(2)11-6-12(15-8-14-11)16-5-3-4-10(7-16)19(13,17)18/h6,8-10H,3-5,7H2,1-2H3,(H2,13,17,18)/t10-/m0/s1. The van der Waals surface area contributed by atoms with Gasteiger partial charge >= 0.3 is 0 Å². The molecular formula is C12H20N4O2S. The molecule has 0 radical (unpaired) electrons. The van der Waals surface area contributed by atoms with Gasteiger partial charge in [-0.2, -0.15) is 0 Å². The lowest BCUT2D eigenvalue weighted by Crippen LogP contribution is -2.45. The molecule has 1 saturated heterocycles. The topological polar surface area (TPSA) is 89.2 Å². The second-order valence-corrected chi connectivity index (χ2v) is 7.10. The molecule has 0 bridgehead atoms. The van der Waals surface area contributed by atoms with Gasteiger partial charge in [0.05, 0.1) is 5.25 Å². The van der Waals surface area contributed by atoms with Crippen LogP contribution >= 0.6 is 0 Å². The van der Waals surface area contributed by atoms with E-state index in [0.717, 1.165) is 24.5 Å². The van der Waals surface area contributed by atoms with Crippen LogP contribution in [0.4, 0.5) is 5.82 Å². The Morgan fingerprint density at radius 1 is 1.42 bits per heavy atom. The van der Waals surface area contributed by atoms with Crippen molar-refractivity contribution in [1.29, 1.82) is 0 Å². The van der Waals surface area contributed by atoms with Gasteiger partial charge in [-0.3, -0.25) is 0 Å². The van der Waals surface area contributed by atoms with Crippen LogP contribution in [0.1, 0.15) is 38.3 Å². The molecule has 6 nitrogen and oxygen atoms in total. The molecule has 0 saturated carbocycles. The fourth-order valence-corrected chi connectivity index (χ4v) is 3.15. The number of nitrogens with two attached hydrogens (primary N) is 1. The van der Waals surface area contributed by atoms with Crippen molar-refractivity contribution in [2.75, 3.05) is 18.0 Å². The molecule has 0 aliphatic carbocycles. The normalized spacial score (nSPS) is 20.8. The quantitative estimate of drug-likeness (QED) is 0.889. The Kier molecular flexibility index (Phi) is 4.05. The molecule has 7 heteroatoms. The fourth-order valence-electron chi connectivity index (χ4n) is 2.26. The SMILES string of the molecule is CC(C)c1cc(N2CCC[C@H](S(N)(=O)=O)C2)ncn1. The third-order valence-corrected chi connectivity index (χ3v) is 4.75. The number of primary sulfonamides is 1. The Morgan fingerprint density at radius 2 is 2.16 bits per heavy atom. The number of hydrogen-bond donors (Lipinski definition) is 1. The lowest BCUT2D eigenvalue weighted by Gasteiger charge is -2.32. The van der Waals surface area contributed by atoms with Gasteiger partial charge in [-0.1, -0.05) is 13.8 Å². The van der Waals surface area contributed by atoms with Crippen molar-refractivity contribution in [2.45, 2.75) is 37.9 Å². The highest BCUT2D eigenvalue weighted by atomic mass is 32.2. The van der Waals surface area contributed by atoms with E-state index in [0.29, 0.717) is 18.9 Å². The predicted molar refractivity (Wildman–Crippen MR) is 74.5 cm³/mol. The maximum atomic E-state index is 11.5. The molecule has 1 aliphatic heterocycles. The Bertz CT molecular complexity index is 544. The summed E-state index contributed by atoms with van der Waals surface area (Å²) < 4.78 is 22.9. The molecule has 0 amide bonds. The van der Waals surface area contributed by atoms with E-state index in [1.807, 2.05) is 11.0 Å². The zero-order chi connectivity index (χ0) is 14.0. The molecule has 19 heavy (non-hydrogen) atoms. The van der Waals surface area contributed by atoms with Gasteiger partial charge in [-0.05, 0) is 18.8 Å². The van der Waals surface area contributed by atoms with Crippen molar-refractivity contribution in [1.82, 2.24) is 9.97 Å². The summed E-state index contributed by atoms with van der Waals surface area (Å²) in [6.45, 7) is 5.35. The minimum absolute atomic E-state index is 0.320. The Morgan fingerprint density at radius 3 is 2.79 bits per heavy atom. The highest BCUT2D eigenvalue weighted by molar-refractivity contribution is 7.89. The van der Waals surface area contributed by atoms with Gasteiger partial charge in [0.25, 0.3) is 0 Å². The molecule has 0 aromatic carbocycles. The lowest BCUT2D eigenvalue weighted by molar-refractivity contribution is 0.530. The molecule has 1 atom stereocenters. The van der Waals surface area contributed by atoms with E-state index in [4.69, 9.17) is 5.14 Å². The van der Waals surface area contributed by atoms with Crippen LogP contribution in [-0.2, 0) is 10.0 Å². The van der Waals surface area contributed by atoms with Crippen LogP contribution in [0.15, 0.2) is 12.4 Å². The molecule has 1 aromatic rings. The first-order valence-corrected chi connectivity index (χ1v) is 8.07. The summed E-state index contributed by atoms with van der Waals surface area (Å²) in [6, 6.07) is 1.93. The molecule has 1 aromatic heterocycles. The van der Waals surface area contributed by atoms with Crippen LogP contribution in [0, 0.1) is 0 Å². The lowest BCUT2D eigenvalue weighted by atomic mass is 10.1. The summed E-state index contributed by atoms with van der Waals surface area (Å²) in [4.78, 5) is 10.4. The van der Waals surface area contributed by atoms with Crippen molar-refractivity contribution in [3.05, 3.63) is 18.1 Å². The largest absolute Gasteiger partial charge is 0.355 e. The summed E-state index contributed by atoms with van der Waals surface area (Å²) in [6.07, 6.45) is 2.96. The molecule has 1 fully saturated rings. The van der Waals surface area contributed by atoms with E-state index >= 15 is 0 Å². The highest BCUT2D eigenvalue weighted by Crippen LogP contribution is 2.22. The monoisotopic (exact) mass is 284 g/mol. The third kappa shape index (κ3) is 3.42. The Balaban J connectivity index is 2.20. The summed E-state index contributed by atoms with van der Waals surface area (Å²) in [5, 5.41) is 4.74. The van der Waals surface area contributed by atoms with Crippen molar-refractivity contribution >= 4 is 15.8 Å². The maximum absolute atomic E-state index is 11.5. The van der Waals surface area contributed by atoms with E-state index in [-0.39, 0.29) is 0 Å². The molecular weight excluding hydrogens is 264 g/mol. The van der Waals surface area contributed by atoms with Gasteiger partial charge in [0.1, 0.15) is 12.1 Å². The number of aromatic nitrogens is 2. The summed E-state index contributed by atoms with van der Waals surface area (Å²) in [5.74, 6) is 1.10. The number of hydrogen-bond acceptors (Lipinski definition) is 5. The second kappa shape index (κ2) is 5.42. The molecule has 2 heterocycles. The molecule has 106 valence electrons. The van der Waals surface area contributed by atoms with E-state index in [1.165, 1.54) is 6.33 Å².